The molecule has 1 unspecified atom stereocenters. The van der Waals surface area contributed by atoms with Crippen LogP contribution in [0.5, 0.6) is 0 Å². The summed E-state index contributed by atoms with van der Waals surface area (Å²) >= 11 is 6.52. The van der Waals surface area contributed by atoms with Gasteiger partial charge in [0.05, 0.1) is 28.0 Å². The number of nitrogens with zero attached hydrogens (tertiary/aromatic N) is 4. The quantitative estimate of drug-likeness (QED) is 0.352. The van der Waals surface area contributed by atoms with E-state index in [1.807, 2.05) is 18.2 Å². The Morgan fingerprint density at radius 1 is 1.37 bits per heavy atom. The van der Waals surface area contributed by atoms with E-state index in [4.69, 9.17) is 21.1 Å². The van der Waals surface area contributed by atoms with E-state index in [0.717, 1.165) is 16.5 Å². The Labute approximate surface area is 206 Å². The molecule has 1 aromatic carbocycles. The summed E-state index contributed by atoms with van der Waals surface area (Å²) in [4.78, 5) is 16.7. The first kappa shape index (κ1) is 23.3. The van der Waals surface area contributed by atoms with Gasteiger partial charge in [0.25, 0.3) is 5.91 Å². The highest BCUT2D eigenvalue weighted by atomic mass is 35.5. The molecule has 35 heavy (non-hydrogen) atoms. The molecule has 1 amide bonds. The van der Waals surface area contributed by atoms with Gasteiger partial charge in [-0.2, -0.15) is 10.1 Å². The summed E-state index contributed by atoms with van der Waals surface area (Å²) < 4.78 is 12.9. The molecule has 2 aliphatic rings. The number of carbonyl (C=O) groups excluding carboxylic acids is 1. The number of carbonyl (C=O) groups is 1. The van der Waals surface area contributed by atoms with Crippen molar-refractivity contribution in [1.29, 1.82) is 0 Å². The molecule has 1 atom stereocenters. The van der Waals surface area contributed by atoms with Crippen molar-refractivity contribution in [2.75, 3.05) is 25.6 Å². The number of aromatic nitrogens is 5. The minimum Gasteiger partial charge on any atom is -0.485 e. The van der Waals surface area contributed by atoms with Crippen molar-refractivity contribution in [1.82, 2.24) is 30.3 Å². The van der Waals surface area contributed by atoms with Crippen molar-refractivity contribution in [2.24, 2.45) is 7.05 Å². The SMILES string of the molecule is COC1CC(c2nc(Nc3ccc4[nH]ncc4c3Cl)n(C)n2)=CC=C1OCC(=O)NCC1(O)CC1. The van der Waals surface area contributed by atoms with E-state index in [1.165, 1.54) is 0 Å². The first-order chi connectivity index (χ1) is 16.8. The van der Waals surface area contributed by atoms with Gasteiger partial charge in [-0.3, -0.25) is 9.89 Å². The molecule has 0 spiro atoms. The van der Waals surface area contributed by atoms with Gasteiger partial charge in [0.1, 0.15) is 11.9 Å². The number of benzene rings is 1. The van der Waals surface area contributed by atoms with Crippen molar-refractivity contribution in [3.05, 3.63) is 47.1 Å². The van der Waals surface area contributed by atoms with Crippen molar-refractivity contribution < 1.29 is 19.4 Å². The number of hydrogen-bond acceptors (Lipinski definition) is 8. The Balaban J connectivity index is 1.26. The van der Waals surface area contributed by atoms with Crippen LogP contribution in [0.1, 0.15) is 25.1 Å². The Morgan fingerprint density at radius 2 is 2.20 bits per heavy atom. The van der Waals surface area contributed by atoms with Gasteiger partial charge in [-0.15, -0.1) is 5.10 Å². The molecule has 2 aromatic heterocycles. The van der Waals surface area contributed by atoms with Crippen LogP contribution in [0.3, 0.4) is 0 Å². The zero-order chi connectivity index (χ0) is 24.6. The van der Waals surface area contributed by atoms with Crippen molar-refractivity contribution in [3.8, 4) is 0 Å². The number of amides is 1. The second-order valence-electron chi connectivity index (χ2n) is 8.75. The van der Waals surface area contributed by atoms with Gasteiger partial charge in [0.2, 0.25) is 5.95 Å². The molecule has 0 radical (unpaired) electrons. The monoisotopic (exact) mass is 499 g/mol. The normalized spacial score (nSPS) is 18.7. The molecule has 12 heteroatoms. The van der Waals surface area contributed by atoms with E-state index in [1.54, 1.807) is 31.1 Å². The van der Waals surface area contributed by atoms with Crippen LogP contribution in [-0.2, 0) is 21.3 Å². The lowest BCUT2D eigenvalue weighted by molar-refractivity contribution is -0.125. The molecule has 4 N–H and O–H groups in total. The van der Waals surface area contributed by atoms with E-state index in [0.29, 0.717) is 47.5 Å². The molecular weight excluding hydrogens is 474 g/mol. The maximum atomic E-state index is 12.0. The second kappa shape index (κ2) is 9.33. The van der Waals surface area contributed by atoms with E-state index < -0.39 is 5.60 Å². The lowest BCUT2D eigenvalue weighted by atomic mass is 10.0. The minimum absolute atomic E-state index is 0.150. The number of nitrogens with one attached hydrogen (secondary N) is 3. The number of methoxy groups -OCH3 is 1. The summed E-state index contributed by atoms with van der Waals surface area (Å²) in [7, 11) is 3.38. The molecule has 11 nitrogen and oxygen atoms in total. The third-order valence-electron chi connectivity index (χ3n) is 6.12. The zero-order valence-corrected chi connectivity index (χ0v) is 20.1. The number of ether oxygens (including phenoxy) is 2. The Hall–Kier alpha value is -3.41. The van der Waals surface area contributed by atoms with Gasteiger partial charge in [-0.05, 0) is 31.1 Å². The van der Waals surface area contributed by atoms with E-state index in [-0.39, 0.29) is 25.2 Å². The van der Waals surface area contributed by atoms with Gasteiger partial charge in [-0.25, -0.2) is 4.68 Å². The van der Waals surface area contributed by atoms with Crippen LogP contribution in [0.2, 0.25) is 5.02 Å². The van der Waals surface area contributed by atoms with E-state index in [2.05, 4.69) is 30.9 Å². The number of H-pyrrole nitrogens is 1. The fourth-order valence-corrected chi connectivity index (χ4v) is 4.04. The molecule has 3 aromatic rings. The van der Waals surface area contributed by atoms with Crippen LogP contribution in [-0.4, -0.2) is 67.9 Å². The Kier molecular flexibility index (Phi) is 6.22. The van der Waals surface area contributed by atoms with E-state index in [9.17, 15) is 9.90 Å². The van der Waals surface area contributed by atoms with Crippen LogP contribution < -0.4 is 10.6 Å². The molecule has 184 valence electrons. The Bertz CT molecular complexity index is 1320. The average Bonchev–Trinajstić information content (AvgIpc) is 3.23. The predicted octanol–water partition coefficient (Wildman–Crippen LogP) is 2.43. The maximum absolute atomic E-state index is 12.0. The summed E-state index contributed by atoms with van der Waals surface area (Å²) in [5.41, 5.74) is 1.66. The van der Waals surface area contributed by atoms with Crippen LogP contribution in [0, 0.1) is 0 Å². The topological polar surface area (TPSA) is 139 Å². The number of anilines is 2. The molecular formula is C23H26ClN7O4. The minimum atomic E-state index is -0.743. The molecule has 1 fully saturated rings. The molecule has 5 rings (SSSR count). The lowest BCUT2D eigenvalue weighted by Crippen LogP contribution is -2.36. The Morgan fingerprint density at radius 3 is 2.97 bits per heavy atom. The number of allylic oxidation sites excluding steroid dienone is 2. The highest BCUT2D eigenvalue weighted by molar-refractivity contribution is 6.38. The van der Waals surface area contributed by atoms with Crippen LogP contribution in [0.15, 0.2) is 36.2 Å². The molecule has 1 saturated carbocycles. The van der Waals surface area contributed by atoms with Crippen LogP contribution >= 0.6 is 11.6 Å². The fourth-order valence-electron chi connectivity index (χ4n) is 3.78. The van der Waals surface area contributed by atoms with Gasteiger partial charge in [0.15, 0.2) is 12.4 Å². The third kappa shape index (κ3) is 5.02. The standard InChI is InChI=1S/C23H26ClN7O4/c1-31-22(27-16-5-4-15-14(20(16)24)10-26-29-15)28-21(30-31)13-3-6-17(18(9-13)34-2)35-11-19(32)25-12-23(33)7-8-23/h3-6,10,18,33H,7-9,11-12H2,1-2H3,(H,25,32)(H,26,29)(H,27,28,30). The van der Waals surface area contributed by atoms with Crippen molar-refractivity contribution in [3.63, 3.8) is 0 Å². The average molecular weight is 500 g/mol. The number of hydrogen-bond donors (Lipinski definition) is 4. The number of aliphatic hydroxyl groups is 1. The van der Waals surface area contributed by atoms with Crippen LogP contribution in [0.4, 0.5) is 11.6 Å². The maximum Gasteiger partial charge on any atom is 0.258 e. The summed E-state index contributed by atoms with van der Waals surface area (Å²) in [6.45, 7) is 0.0947. The number of fused-ring (bicyclic) bond motifs is 1. The van der Waals surface area contributed by atoms with E-state index >= 15 is 0 Å². The molecule has 0 saturated heterocycles. The van der Waals surface area contributed by atoms with Crippen molar-refractivity contribution in [2.45, 2.75) is 31.0 Å². The first-order valence-corrected chi connectivity index (χ1v) is 11.6. The third-order valence-corrected chi connectivity index (χ3v) is 6.53. The smallest absolute Gasteiger partial charge is 0.258 e. The highest BCUT2D eigenvalue weighted by Crippen LogP contribution is 2.34. The number of aryl methyl sites for hydroxylation is 1. The van der Waals surface area contributed by atoms with Gasteiger partial charge >= 0.3 is 0 Å². The fraction of sp³-hybridized carbons (Fsp3) is 0.391. The molecule has 0 bridgehead atoms. The number of rotatable bonds is 9. The molecule has 0 aliphatic heterocycles. The zero-order valence-electron chi connectivity index (χ0n) is 19.3. The highest BCUT2D eigenvalue weighted by Gasteiger charge is 2.40. The van der Waals surface area contributed by atoms with Crippen molar-refractivity contribution >= 4 is 45.6 Å². The first-order valence-electron chi connectivity index (χ1n) is 11.2. The lowest BCUT2D eigenvalue weighted by Gasteiger charge is -2.23. The number of aromatic amines is 1. The summed E-state index contributed by atoms with van der Waals surface area (Å²) in [6.07, 6.45) is 6.83. The molecule has 2 heterocycles. The largest absolute Gasteiger partial charge is 0.485 e. The van der Waals surface area contributed by atoms with Crippen LogP contribution in [0.25, 0.3) is 16.5 Å². The van der Waals surface area contributed by atoms with Gasteiger partial charge in [0, 0.05) is 38.1 Å². The number of halogens is 1. The second-order valence-corrected chi connectivity index (χ2v) is 9.12. The summed E-state index contributed by atoms with van der Waals surface area (Å²) in [6, 6.07) is 3.74. The summed E-state index contributed by atoms with van der Waals surface area (Å²) in [5.74, 6) is 1.33. The predicted molar refractivity (Wildman–Crippen MR) is 130 cm³/mol. The van der Waals surface area contributed by atoms with Gasteiger partial charge in [-0.1, -0.05) is 17.7 Å². The van der Waals surface area contributed by atoms with Gasteiger partial charge < -0.3 is 25.2 Å². The molecule has 2 aliphatic carbocycles. The summed E-state index contributed by atoms with van der Waals surface area (Å²) in [5, 5.41) is 28.6.